The van der Waals surface area contributed by atoms with Gasteiger partial charge in [0.25, 0.3) is 0 Å². The Hall–Kier alpha value is -2.69. The van der Waals surface area contributed by atoms with E-state index in [9.17, 15) is 0 Å². The second kappa shape index (κ2) is 6.43. The number of aliphatic imine (C=N–C) groups is 1. The zero-order valence-corrected chi connectivity index (χ0v) is 13.4. The number of nitrogens with one attached hydrogen (secondary N) is 1. The molecule has 0 aliphatic carbocycles. The average Bonchev–Trinajstić information content (AvgIpc) is 3.03. The molecule has 0 saturated heterocycles. The third-order valence-corrected chi connectivity index (χ3v) is 4.46. The normalized spacial score (nSPS) is 22.1. The highest BCUT2D eigenvalue weighted by Crippen LogP contribution is 2.31. The van der Waals surface area contributed by atoms with Gasteiger partial charge in [-0.05, 0) is 17.7 Å². The molecule has 124 valence electrons. The van der Waals surface area contributed by atoms with Crippen molar-refractivity contribution in [2.45, 2.75) is 25.0 Å². The lowest BCUT2D eigenvalue weighted by Gasteiger charge is -2.27. The molecule has 24 heavy (non-hydrogen) atoms. The number of para-hydroxylation sites is 2. The molecule has 0 fully saturated rings. The monoisotopic (exact) mass is 323 g/mol. The first kappa shape index (κ1) is 14.9. The van der Waals surface area contributed by atoms with Gasteiger partial charge < -0.3 is 20.5 Å². The second-order valence-corrected chi connectivity index (χ2v) is 6.15. The maximum absolute atomic E-state index is 6.09. The third kappa shape index (κ3) is 3.02. The van der Waals surface area contributed by atoms with Gasteiger partial charge in [0, 0.05) is 18.4 Å². The van der Waals surface area contributed by atoms with Crippen molar-refractivity contribution in [2.75, 3.05) is 13.2 Å². The van der Waals surface area contributed by atoms with E-state index in [0.717, 1.165) is 29.9 Å². The number of hydrogen-bond donors (Lipinski definition) is 2. The van der Waals surface area contributed by atoms with Gasteiger partial charge in [-0.25, -0.2) is 4.99 Å². The SMILES string of the molecule is NC(=NCC1Cc2ccccc2O1)NC1CCOc2ccccc21. The highest BCUT2D eigenvalue weighted by Gasteiger charge is 2.23. The Labute approximate surface area is 141 Å². The smallest absolute Gasteiger partial charge is 0.189 e. The van der Waals surface area contributed by atoms with Gasteiger partial charge in [-0.2, -0.15) is 0 Å². The van der Waals surface area contributed by atoms with Crippen LogP contribution in [0.3, 0.4) is 0 Å². The molecular formula is C19H21N3O2. The minimum Gasteiger partial charge on any atom is -0.493 e. The average molecular weight is 323 g/mol. The molecule has 0 radical (unpaired) electrons. The lowest BCUT2D eigenvalue weighted by Crippen LogP contribution is -2.38. The van der Waals surface area contributed by atoms with E-state index in [2.05, 4.69) is 22.4 Å². The minimum atomic E-state index is 0.0599. The molecule has 4 rings (SSSR count). The Morgan fingerprint density at radius 3 is 2.79 bits per heavy atom. The summed E-state index contributed by atoms with van der Waals surface area (Å²) >= 11 is 0. The Balaban J connectivity index is 1.37. The van der Waals surface area contributed by atoms with Crippen LogP contribution in [0.4, 0.5) is 0 Å². The van der Waals surface area contributed by atoms with Crippen LogP contribution in [0, 0.1) is 0 Å². The number of nitrogens with zero attached hydrogens (tertiary/aromatic N) is 1. The zero-order valence-electron chi connectivity index (χ0n) is 13.4. The molecule has 0 amide bonds. The Morgan fingerprint density at radius 2 is 1.92 bits per heavy atom. The molecule has 2 aliphatic rings. The second-order valence-electron chi connectivity index (χ2n) is 6.15. The summed E-state index contributed by atoms with van der Waals surface area (Å²) in [6.07, 6.45) is 1.82. The summed E-state index contributed by atoms with van der Waals surface area (Å²) < 4.78 is 11.6. The molecule has 0 bridgehead atoms. The molecule has 0 spiro atoms. The van der Waals surface area contributed by atoms with Crippen molar-refractivity contribution >= 4 is 5.96 Å². The Kier molecular flexibility index (Phi) is 3.99. The van der Waals surface area contributed by atoms with Crippen LogP contribution >= 0.6 is 0 Å². The predicted molar refractivity (Wildman–Crippen MR) is 93.5 cm³/mol. The maximum atomic E-state index is 6.09. The van der Waals surface area contributed by atoms with Crippen LogP contribution in [0.1, 0.15) is 23.6 Å². The van der Waals surface area contributed by atoms with Crippen LogP contribution in [0.25, 0.3) is 0 Å². The molecule has 2 unspecified atom stereocenters. The molecule has 2 heterocycles. The van der Waals surface area contributed by atoms with Gasteiger partial charge in [-0.3, -0.25) is 0 Å². The van der Waals surface area contributed by atoms with E-state index in [0.29, 0.717) is 19.1 Å². The number of ether oxygens (including phenoxy) is 2. The van der Waals surface area contributed by atoms with Gasteiger partial charge in [0.15, 0.2) is 5.96 Å². The summed E-state index contributed by atoms with van der Waals surface area (Å²) in [4.78, 5) is 4.47. The van der Waals surface area contributed by atoms with Crippen LogP contribution in [-0.4, -0.2) is 25.2 Å². The summed E-state index contributed by atoms with van der Waals surface area (Å²) in [7, 11) is 0. The van der Waals surface area contributed by atoms with Gasteiger partial charge in [-0.1, -0.05) is 36.4 Å². The number of guanidine groups is 1. The molecule has 0 aromatic heterocycles. The van der Waals surface area contributed by atoms with Gasteiger partial charge in [-0.15, -0.1) is 0 Å². The van der Waals surface area contributed by atoms with Crippen molar-refractivity contribution in [1.29, 1.82) is 0 Å². The fraction of sp³-hybridized carbons (Fsp3) is 0.316. The number of fused-ring (bicyclic) bond motifs is 2. The van der Waals surface area contributed by atoms with Crippen molar-refractivity contribution in [2.24, 2.45) is 10.7 Å². The summed E-state index contributed by atoms with van der Waals surface area (Å²) in [6.45, 7) is 1.24. The molecule has 3 N–H and O–H groups in total. The van der Waals surface area contributed by atoms with Crippen molar-refractivity contribution in [3.05, 3.63) is 59.7 Å². The summed E-state index contributed by atoms with van der Waals surface area (Å²) in [6, 6.07) is 16.3. The van der Waals surface area contributed by atoms with Crippen molar-refractivity contribution < 1.29 is 9.47 Å². The quantitative estimate of drug-likeness (QED) is 0.672. The molecule has 5 nitrogen and oxygen atoms in total. The van der Waals surface area contributed by atoms with Crippen molar-refractivity contribution in [1.82, 2.24) is 5.32 Å². The van der Waals surface area contributed by atoms with Crippen molar-refractivity contribution in [3.63, 3.8) is 0 Å². The van der Waals surface area contributed by atoms with E-state index >= 15 is 0 Å². The fourth-order valence-electron chi connectivity index (χ4n) is 3.27. The van der Waals surface area contributed by atoms with Crippen LogP contribution < -0.4 is 20.5 Å². The topological polar surface area (TPSA) is 68.9 Å². The highest BCUT2D eigenvalue weighted by molar-refractivity contribution is 5.78. The van der Waals surface area contributed by atoms with Gasteiger partial charge in [0.1, 0.15) is 17.6 Å². The molecule has 2 aromatic rings. The number of rotatable bonds is 3. The first-order chi connectivity index (χ1) is 11.8. The number of benzene rings is 2. The summed E-state index contributed by atoms with van der Waals surface area (Å²) in [5.74, 6) is 2.34. The molecular weight excluding hydrogens is 302 g/mol. The zero-order chi connectivity index (χ0) is 16.4. The molecule has 2 aromatic carbocycles. The van der Waals surface area contributed by atoms with Crippen LogP contribution in [0.5, 0.6) is 11.5 Å². The number of hydrogen-bond acceptors (Lipinski definition) is 3. The highest BCUT2D eigenvalue weighted by atomic mass is 16.5. The Bertz CT molecular complexity index is 735. The Morgan fingerprint density at radius 1 is 1.12 bits per heavy atom. The lowest BCUT2D eigenvalue weighted by atomic mass is 10.0. The van der Waals surface area contributed by atoms with Gasteiger partial charge >= 0.3 is 0 Å². The lowest BCUT2D eigenvalue weighted by molar-refractivity contribution is 0.241. The maximum Gasteiger partial charge on any atom is 0.189 e. The molecule has 5 heteroatoms. The van der Waals surface area contributed by atoms with E-state index in [1.54, 1.807) is 0 Å². The molecule has 2 aliphatic heterocycles. The van der Waals surface area contributed by atoms with E-state index in [-0.39, 0.29) is 12.1 Å². The first-order valence-corrected chi connectivity index (χ1v) is 8.32. The summed E-state index contributed by atoms with van der Waals surface area (Å²) in [5.41, 5.74) is 8.46. The van der Waals surface area contributed by atoms with Gasteiger partial charge in [0.2, 0.25) is 0 Å². The summed E-state index contributed by atoms with van der Waals surface area (Å²) in [5, 5.41) is 3.31. The van der Waals surface area contributed by atoms with Crippen LogP contribution in [0.2, 0.25) is 0 Å². The first-order valence-electron chi connectivity index (χ1n) is 8.32. The molecule has 2 atom stereocenters. The third-order valence-electron chi connectivity index (χ3n) is 4.46. The van der Waals surface area contributed by atoms with E-state index < -0.39 is 0 Å². The van der Waals surface area contributed by atoms with E-state index in [1.807, 2.05) is 36.4 Å². The largest absolute Gasteiger partial charge is 0.493 e. The van der Waals surface area contributed by atoms with Gasteiger partial charge in [0.05, 0.1) is 19.2 Å². The molecule has 0 saturated carbocycles. The van der Waals surface area contributed by atoms with E-state index in [4.69, 9.17) is 15.2 Å². The van der Waals surface area contributed by atoms with Crippen molar-refractivity contribution in [3.8, 4) is 11.5 Å². The minimum absolute atomic E-state index is 0.0599. The fourth-order valence-corrected chi connectivity index (χ4v) is 3.27. The van der Waals surface area contributed by atoms with Crippen LogP contribution in [0.15, 0.2) is 53.5 Å². The van der Waals surface area contributed by atoms with Crippen LogP contribution in [-0.2, 0) is 6.42 Å². The standard InChI is InChI=1S/C19H21N3O2/c20-19(21-12-14-11-13-5-1-3-7-17(13)24-14)22-16-9-10-23-18-8-4-2-6-15(16)18/h1-8,14,16H,9-12H2,(H3,20,21,22). The predicted octanol–water partition coefficient (Wildman–Crippen LogP) is 2.42. The van der Waals surface area contributed by atoms with E-state index in [1.165, 1.54) is 5.56 Å². The number of nitrogens with two attached hydrogens (primary N) is 1.